The summed E-state index contributed by atoms with van der Waals surface area (Å²) in [5, 5.41) is 10.5. The summed E-state index contributed by atoms with van der Waals surface area (Å²) in [5.41, 5.74) is 0.186. The lowest BCUT2D eigenvalue weighted by molar-refractivity contribution is -0.133. The van der Waals surface area contributed by atoms with Crippen molar-refractivity contribution in [1.82, 2.24) is 0 Å². The summed E-state index contributed by atoms with van der Waals surface area (Å²) in [6.45, 7) is 7.04. The van der Waals surface area contributed by atoms with Crippen LogP contribution < -0.4 is 0 Å². The minimum Gasteiger partial charge on any atom is -0.496 e. The van der Waals surface area contributed by atoms with Crippen LogP contribution in [-0.4, -0.2) is 29.4 Å². The molecule has 110 valence electrons. The molecule has 0 aromatic carbocycles. The lowest BCUT2D eigenvalue weighted by Gasteiger charge is -2.27. The molecule has 20 heavy (non-hydrogen) atoms. The zero-order chi connectivity index (χ0) is 15.5. The average Bonchev–Trinajstić information content (AvgIpc) is 2.35. The van der Waals surface area contributed by atoms with Crippen LogP contribution >= 0.6 is 0 Å². The first kappa shape index (κ1) is 16.4. The Morgan fingerprint density at radius 3 is 2.45 bits per heavy atom. The van der Waals surface area contributed by atoms with E-state index in [0.717, 1.165) is 5.57 Å². The van der Waals surface area contributed by atoms with E-state index in [1.165, 1.54) is 13.2 Å². The SMILES string of the molecule is COC1=C(C)C(=O)C(=O)C(C(C)(O)CCC=C(C)C)=C1. The predicted molar refractivity (Wildman–Crippen MR) is 77.1 cm³/mol. The molecule has 0 spiro atoms. The number of rotatable bonds is 5. The fourth-order valence-corrected chi connectivity index (χ4v) is 2.10. The summed E-state index contributed by atoms with van der Waals surface area (Å²) in [6.07, 6.45) is 4.47. The third-order valence-corrected chi connectivity index (χ3v) is 3.42. The Balaban J connectivity index is 3.07. The Kier molecular flexibility index (Phi) is 5.06. The van der Waals surface area contributed by atoms with Crippen LogP contribution in [0.25, 0.3) is 0 Å². The van der Waals surface area contributed by atoms with Crippen molar-refractivity contribution < 1.29 is 19.4 Å². The number of hydrogen-bond donors (Lipinski definition) is 1. The monoisotopic (exact) mass is 278 g/mol. The van der Waals surface area contributed by atoms with Crippen molar-refractivity contribution in [2.24, 2.45) is 0 Å². The van der Waals surface area contributed by atoms with Gasteiger partial charge in [0.1, 0.15) is 5.76 Å². The van der Waals surface area contributed by atoms with Gasteiger partial charge >= 0.3 is 0 Å². The minimum atomic E-state index is -1.34. The van der Waals surface area contributed by atoms with E-state index in [9.17, 15) is 14.7 Å². The van der Waals surface area contributed by atoms with E-state index >= 15 is 0 Å². The van der Waals surface area contributed by atoms with Crippen LogP contribution in [0.4, 0.5) is 0 Å². The molecule has 0 aromatic heterocycles. The van der Waals surface area contributed by atoms with E-state index < -0.39 is 17.2 Å². The number of hydrogen-bond acceptors (Lipinski definition) is 4. The zero-order valence-electron chi connectivity index (χ0n) is 12.7. The standard InChI is InChI=1S/C16H22O4/c1-10(2)7-6-8-16(4,19)12-9-13(20-5)11(3)14(17)15(12)18/h7,9,19H,6,8H2,1-5H3. The number of methoxy groups -OCH3 is 1. The van der Waals surface area contributed by atoms with Gasteiger partial charge in [-0.2, -0.15) is 0 Å². The molecule has 4 heteroatoms. The summed E-state index contributed by atoms with van der Waals surface area (Å²) in [4.78, 5) is 23.9. The van der Waals surface area contributed by atoms with E-state index in [0.29, 0.717) is 18.6 Å². The summed E-state index contributed by atoms with van der Waals surface area (Å²) < 4.78 is 5.10. The summed E-state index contributed by atoms with van der Waals surface area (Å²) in [6, 6.07) is 0. The second kappa shape index (κ2) is 6.18. The summed E-state index contributed by atoms with van der Waals surface area (Å²) in [7, 11) is 1.44. The Hall–Kier alpha value is -1.68. The molecule has 1 atom stereocenters. The van der Waals surface area contributed by atoms with E-state index in [2.05, 4.69) is 0 Å². The van der Waals surface area contributed by atoms with Crippen LogP contribution in [0.3, 0.4) is 0 Å². The quantitative estimate of drug-likeness (QED) is 0.477. The highest BCUT2D eigenvalue weighted by molar-refractivity contribution is 6.50. The van der Waals surface area contributed by atoms with Crippen LogP contribution in [0, 0.1) is 0 Å². The molecule has 0 radical (unpaired) electrons. The van der Waals surface area contributed by atoms with Gasteiger partial charge in [0.15, 0.2) is 0 Å². The maximum atomic E-state index is 12.1. The molecule has 0 bridgehead atoms. The fourth-order valence-electron chi connectivity index (χ4n) is 2.10. The molecule has 0 aliphatic heterocycles. The Labute approximate surface area is 119 Å². The molecule has 0 saturated heterocycles. The highest BCUT2D eigenvalue weighted by Crippen LogP contribution is 2.30. The van der Waals surface area contributed by atoms with Crippen molar-refractivity contribution in [3.63, 3.8) is 0 Å². The van der Waals surface area contributed by atoms with Gasteiger partial charge in [0.05, 0.1) is 12.7 Å². The van der Waals surface area contributed by atoms with Gasteiger partial charge in [-0.25, -0.2) is 0 Å². The number of Topliss-reactive ketones (excluding diaryl/α,β-unsaturated/α-hetero) is 2. The smallest absolute Gasteiger partial charge is 0.232 e. The predicted octanol–water partition coefficient (Wildman–Crippen LogP) is 2.48. The summed E-state index contributed by atoms with van der Waals surface area (Å²) in [5.74, 6) is -0.917. The van der Waals surface area contributed by atoms with Gasteiger partial charge in [0.25, 0.3) is 0 Å². The molecule has 1 rings (SSSR count). The van der Waals surface area contributed by atoms with Crippen LogP contribution in [0.15, 0.2) is 34.6 Å². The highest BCUT2D eigenvalue weighted by atomic mass is 16.5. The van der Waals surface area contributed by atoms with E-state index in [1.807, 2.05) is 19.9 Å². The van der Waals surface area contributed by atoms with E-state index in [1.54, 1.807) is 13.8 Å². The molecule has 0 heterocycles. The van der Waals surface area contributed by atoms with Gasteiger partial charge in [-0.15, -0.1) is 0 Å². The lowest BCUT2D eigenvalue weighted by atomic mass is 9.82. The second-order valence-corrected chi connectivity index (χ2v) is 5.50. The van der Waals surface area contributed by atoms with Crippen molar-refractivity contribution in [1.29, 1.82) is 0 Å². The molecule has 4 nitrogen and oxygen atoms in total. The number of ether oxygens (including phenoxy) is 1. The molecule has 1 aliphatic rings. The van der Waals surface area contributed by atoms with Crippen LogP contribution in [0.1, 0.15) is 40.5 Å². The topological polar surface area (TPSA) is 63.6 Å². The Morgan fingerprint density at radius 1 is 1.35 bits per heavy atom. The molecular formula is C16H22O4. The number of carbonyl (C=O) groups is 2. The normalized spacial score (nSPS) is 18.6. The molecule has 0 aromatic rings. The van der Waals surface area contributed by atoms with Crippen LogP contribution in [0.2, 0.25) is 0 Å². The van der Waals surface area contributed by atoms with Gasteiger partial charge in [-0.05, 0) is 46.6 Å². The van der Waals surface area contributed by atoms with E-state index in [4.69, 9.17) is 4.74 Å². The van der Waals surface area contributed by atoms with Gasteiger partial charge in [0, 0.05) is 11.1 Å². The number of allylic oxidation sites excluding steroid dienone is 4. The van der Waals surface area contributed by atoms with Crippen molar-refractivity contribution in [2.75, 3.05) is 7.11 Å². The van der Waals surface area contributed by atoms with E-state index in [-0.39, 0.29) is 11.1 Å². The maximum absolute atomic E-state index is 12.1. The molecule has 0 saturated carbocycles. The summed E-state index contributed by atoms with van der Waals surface area (Å²) >= 11 is 0. The fraction of sp³-hybridized carbons (Fsp3) is 0.500. The number of aliphatic hydroxyl groups is 1. The third-order valence-electron chi connectivity index (χ3n) is 3.42. The first-order valence-electron chi connectivity index (χ1n) is 6.62. The first-order valence-corrected chi connectivity index (χ1v) is 6.62. The van der Waals surface area contributed by atoms with Crippen molar-refractivity contribution in [3.8, 4) is 0 Å². The van der Waals surface area contributed by atoms with Crippen LogP contribution in [-0.2, 0) is 14.3 Å². The molecule has 0 fully saturated rings. The lowest BCUT2D eigenvalue weighted by Crippen LogP contribution is -2.37. The molecule has 1 unspecified atom stereocenters. The Morgan fingerprint density at radius 2 is 1.95 bits per heavy atom. The highest BCUT2D eigenvalue weighted by Gasteiger charge is 2.37. The van der Waals surface area contributed by atoms with Gasteiger partial charge in [0.2, 0.25) is 11.6 Å². The third kappa shape index (κ3) is 3.45. The largest absolute Gasteiger partial charge is 0.496 e. The number of carbonyl (C=O) groups excluding carboxylic acids is 2. The molecule has 0 amide bonds. The van der Waals surface area contributed by atoms with Crippen molar-refractivity contribution in [3.05, 3.63) is 34.6 Å². The molecule has 1 N–H and O–H groups in total. The second-order valence-electron chi connectivity index (χ2n) is 5.50. The Bertz CT molecular complexity index is 515. The number of ketones is 2. The first-order chi connectivity index (χ1) is 9.20. The van der Waals surface area contributed by atoms with Gasteiger partial charge in [-0.1, -0.05) is 11.6 Å². The van der Waals surface area contributed by atoms with Gasteiger partial charge < -0.3 is 9.84 Å². The molecular weight excluding hydrogens is 256 g/mol. The van der Waals surface area contributed by atoms with Crippen LogP contribution in [0.5, 0.6) is 0 Å². The average molecular weight is 278 g/mol. The van der Waals surface area contributed by atoms with Gasteiger partial charge in [-0.3, -0.25) is 9.59 Å². The van der Waals surface area contributed by atoms with Crippen molar-refractivity contribution >= 4 is 11.6 Å². The minimum absolute atomic E-state index is 0.104. The van der Waals surface area contributed by atoms with Crippen molar-refractivity contribution in [2.45, 2.75) is 46.1 Å². The maximum Gasteiger partial charge on any atom is 0.232 e. The zero-order valence-corrected chi connectivity index (χ0v) is 12.7. The molecule has 1 aliphatic carbocycles.